The van der Waals surface area contributed by atoms with Crippen molar-refractivity contribution in [2.24, 2.45) is 0 Å². The van der Waals surface area contributed by atoms with Gasteiger partial charge in [0.2, 0.25) is 0 Å². The summed E-state index contributed by atoms with van der Waals surface area (Å²) in [6.45, 7) is 0. The van der Waals surface area contributed by atoms with Gasteiger partial charge in [-0.2, -0.15) is 5.10 Å². The van der Waals surface area contributed by atoms with E-state index in [4.69, 9.17) is 14.6 Å². The Kier molecular flexibility index (Phi) is 6.23. The first-order valence-electron chi connectivity index (χ1n) is 10.7. The topological polar surface area (TPSA) is 91.2 Å². The van der Waals surface area contributed by atoms with E-state index in [1.807, 2.05) is 72.1 Å². The zero-order chi connectivity index (χ0) is 24.2. The van der Waals surface area contributed by atoms with Crippen LogP contribution in [0.25, 0.3) is 28.2 Å². The molecule has 0 saturated carbocycles. The summed E-state index contributed by atoms with van der Waals surface area (Å²) >= 11 is 1.29. The summed E-state index contributed by atoms with van der Waals surface area (Å²) in [5.74, 6) is 0.873. The minimum Gasteiger partial charge on any atom is -0.493 e. The molecule has 9 heteroatoms. The smallest absolute Gasteiger partial charge is 0.259 e. The molecule has 0 saturated heterocycles. The van der Waals surface area contributed by atoms with Crippen LogP contribution < -0.4 is 14.8 Å². The summed E-state index contributed by atoms with van der Waals surface area (Å²) in [5, 5.41) is 13.7. The standard InChI is InChI=1S/C26H21N5O3S/c1-33-23-13-10-18(14-24(23)34-2)25-21(15-31(29-25)20-6-4-3-5-7-20)26(32)27-19-11-8-17(9-12-19)22-16-35-30-28-22/h3-16H,1-2H3,(H,27,32). The van der Waals surface area contributed by atoms with Gasteiger partial charge in [-0.15, -0.1) is 5.10 Å². The normalized spacial score (nSPS) is 10.7. The first-order valence-corrected chi connectivity index (χ1v) is 11.6. The SMILES string of the molecule is COc1ccc(-c2nn(-c3ccccc3)cc2C(=O)Nc2ccc(-c3csnn3)cc2)cc1OC. The number of methoxy groups -OCH3 is 2. The third-order valence-corrected chi connectivity index (χ3v) is 5.94. The summed E-state index contributed by atoms with van der Waals surface area (Å²) in [4.78, 5) is 13.4. The first kappa shape index (κ1) is 22.3. The Morgan fingerprint density at radius 1 is 0.914 bits per heavy atom. The quantitative estimate of drug-likeness (QED) is 0.337. The van der Waals surface area contributed by atoms with Gasteiger partial charge in [0.05, 0.1) is 25.5 Å². The molecule has 3 aromatic carbocycles. The van der Waals surface area contributed by atoms with Crippen LogP contribution >= 0.6 is 11.5 Å². The molecule has 2 heterocycles. The van der Waals surface area contributed by atoms with E-state index in [0.717, 1.165) is 22.5 Å². The van der Waals surface area contributed by atoms with Gasteiger partial charge >= 0.3 is 0 Å². The molecule has 0 radical (unpaired) electrons. The number of rotatable bonds is 7. The van der Waals surface area contributed by atoms with Crippen LogP contribution in [0.15, 0.2) is 84.4 Å². The molecule has 0 bridgehead atoms. The van der Waals surface area contributed by atoms with Gasteiger partial charge in [0.25, 0.3) is 5.91 Å². The minimum absolute atomic E-state index is 0.278. The monoisotopic (exact) mass is 483 g/mol. The van der Waals surface area contributed by atoms with Crippen LogP contribution in [0.3, 0.4) is 0 Å². The van der Waals surface area contributed by atoms with Crippen molar-refractivity contribution in [1.82, 2.24) is 19.4 Å². The molecule has 0 fully saturated rings. The van der Waals surface area contributed by atoms with Crippen molar-refractivity contribution in [3.05, 3.63) is 89.9 Å². The highest BCUT2D eigenvalue weighted by molar-refractivity contribution is 7.03. The summed E-state index contributed by atoms with van der Waals surface area (Å²) in [6.07, 6.45) is 1.73. The molecule has 174 valence electrons. The Morgan fingerprint density at radius 2 is 1.66 bits per heavy atom. The molecule has 0 unspecified atom stereocenters. The highest BCUT2D eigenvalue weighted by Crippen LogP contribution is 2.33. The summed E-state index contributed by atoms with van der Waals surface area (Å²) in [7, 11) is 3.15. The highest BCUT2D eigenvalue weighted by atomic mass is 32.1. The maximum absolute atomic E-state index is 13.4. The van der Waals surface area contributed by atoms with Crippen LogP contribution in [0.5, 0.6) is 11.5 Å². The number of nitrogens with zero attached hydrogens (tertiary/aromatic N) is 4. The van der Waals surface area contributed by atoms with Gasteiger partial charge in [-0.05, 0) is 54.0 Å². The third kappa shape index (κ3) is 4.62. The number of ether oxygens (including phenoxy) is 2. The molecule has 0 spiro atoms. The number of amides is 1. The fourth-order valence-corrected chi connectivity index (χ4v) is 4.13. The summed E-state index contributed by atoms with van der Waals surface area (Å²) in [5.41, 5.74) is 4.91. The zero-order valence-electron chi connectivity index (χ0n) is 19.0. The van der Waals surface area contributed by atoms with Crippen molar-refractivity contribution < 1.29 is 14.3 Å². The van der Waals surface area contributed by atoms with E-state index in [9.17, 15) is 4.79 Å². The molecule has 0 atom stereocenters. The van der Waals surface area contributed by atoms with E-state index >= 15 is 0 Å². The number of nitrogens with one attached hydrogen (secondary N) is 1. The summed E-state index contributed by atoms with van der Waals surface area (Å²) < 4.78 is 16.4. The van der Waals surface area contributed by atoms with Crippen LogP contribution in [0.1, 0.15) is 10.4 Å². The molecule has 5 aromatic rings. The molecule has 2 aromatic heterocycles. The molecular weight excluding hydrogens is 462 g/mol. The molecular formula is C26H21N5O3S. The Hall–Kier alpha value is -4.50. The maximum Gasteiger partial charge on any atom is 0.259 e. The van der Waals surface area contributed by atoms with Gasteiger partial charge in [-0.3, -0.25) is 4.79 Å². The second-order valence-corrected chi connectivity index (χ2v) is 8.17. The second-order valence-electron chi connectivity index (χ2n) is 7.56. The van der Waals surface area contributed by atoms with Crippen LogP contribution in [-0.4, -0.2) is 39.5 Å². The van der Waals surface area contributed by atoms with Crippen molar-refractivity contribution in [1.29, 1.82) is 0 Å². The fraction of sp³-hybridized carbons (Fsp3) is 0.0769. The van der Waals surface area contributed by atoms with E-state index < -0.39 is 0 Å². The third-order valence-electron chi connectivity index (χ3n) is 5.44. The van der Waals surface area contributed by atoms with Crippen molar-refractivity contribution in [2.45, 2.75) is 0 Å². The lowest BCUT2D eigenvalue weighted by molar-refractivity contribution is 0.102. The predicted molar refractivity (Wildman–Crippen MR) is 135 cm³/mol. The lowest BCUT2D eigenvalue weighted by Crippen LogP contribution is -2.12. The molecule has 8 nitrogen and oxygen atoms in total. The molecule has 5 rings (SSSR count). The number of carbonyl (C=O) groups is 1. The number of anilines is 1. The van der Waals surface area contributed by atoms with E-state index in [0.29, 0.717) is 28.4 Å². The van der Waals surface area contributed by atoms with E-state index in [-0.39, 0.29) is 5.91 Å². The maximum atomic E-state index is 13.4. The molecule has 1 N–H and O–H groups in total. The Balaban J connectivity index is 1.50. The van der Waals surface area contributed by atoms with Crippen LogP contribution in [0.4, 0.5) is 5.69 Å². The highest BCUT2D eigenvalue weighted by Gasteiger charge is 2.20. The Bertz CT molecular complexity index is 1450. The first-order chi connectivity index (χ1) is 17.2. The van der Waals surface area contributed by atoms with E-state index in [2.05, 4.69) is 14.9 Å². The largest absolute Gasteiger partial charge is 0.493 e. The van der Waals surface area contributed by atoms with E-state index in [1.165, 1.54) is 11.5 Å². The Labute approximate surface area is 205 Å². The van der Waals surface area contributed by atoms with Gasteiger partial charge in [-0.1, -0.05) is 34.8 Å². The fourth-order valence-electron chi connectivity index (χ4n) is 3.66. The van der Waals surface area contributed by atoms with Crippen LogP contribution in [-0.2, 0) is 0 Å². The average Bonchev–Trinajstić information content (AvgIpc) is 3.60. The lowest BCUT2D eigenvalue weighted by Gasteiger charge is -2.10. The molecule has 0 aliphatic carbocycles. The lowest BCUT2D eigenvalue weighted by atomic mass is 10.1. The molecule has 0 aliphatic rings. The van der Waals surface area contributed by atoms with Crippen LogP contribution in [0.2, 0.25) is 0 Å². The average molecular weight is 484 g/mol. The number of hydrogen-bond donors (Lipinski definition) is 1. The number of carbonyl (C=O) groups excluding carboxylic acids is 1. The van der Waals surface area contributed by atoms with Crippen molar-refractivity contribution in [3.63, 3.8) is 0 Å². The number of para-hydroxylation sites is 1. The second kappa shape index (κ2) is 9.78. The van der Waals surface area contributed by atoms with Gasteiger partial charge in [0.1, 0.15) is 11.4 Å². The number of benzene rings is 3. The molecule has 35 heavy (non-hydrogen) atoms. The van der Waals surface area contributed by atoms with Crippen molar-refractivity contribution >= 4 is 23.1 Å². The van der Waals surface area contributed by atoms with Gasteiger partial charge in [-0.25, -0.2) is 4.68 Å². The zero-order valence-corrected chi connectivity index (χ0v) is 19.8. The van der Waals surface area contributed by atoms with Crippen molar-refractivity contribution in [2.75, 3.05) is 19.5 Å². The predicted octanol–water partition coefficient (Wildman–Crippen LogP) is 5.33. The minimum atomic E-state index is -0.278. The van der Waals surface area contributed by atoms with Crippen molar-refractivity contribution in [3.8, 4) is 39.7 Å². The molecule has 1 amide bonds. The van der Waals surface area contributed by atoms with E-state index in [1.54, 1.807) is 31.2 Å². The number of hydrogen-bond acceptors (Lipinski definition) is 7. The van der Waals surface area contributed by atoms with Crippen LogP contribution in [0, 0.1) is 0 Å². The summed E-state index contributed by atoms with van der Waals surface area (Å²) in [6, 6.07) is 22.6. The van der Waals surface area contributed by atoms with Gasteiger partial charge < -0.3 is 14.8 Å². The molecule has 0 aliphatic heterocycles. The van der Waals surface area contributed by atoms with Gasteiger partial charge in [0.15, 0.2) is 11.5 Å². The Morgan fingerprint density at radius 3 is 2.34 bits per heavy atom. The number of aromatic nitrogens is 4. The van der Waals surface area contributed by atoms with Gasteiger partial charge in [0, 0.05) is 28.4 Å².